The Morgan fingerprint density at radius 1 is 1.41 bits per heavy atom. The van der Waals surface area contributed by atoms with Crippen molar-refractivity contribution in [2.75, 3.05) is 24.3 Å². The molecule has 5 heteroatoms. The highest BCUT2D eigenvalue weighted by Crippen LogP contribution is 2.24. The third kappa shape index (κ3) is 3.20. The second kappa shape index (κ2) is 5.51. The van der Waals surface area contributed by atoms with Crippen molar-refractivity contribution >= 4 is 33.2 Å². The number of nitrogens with one attached hydrogen (secondary N) is 1. The average Bonchev–Trinajstić information content (AvgIpc) is 2.34. The first-order chi connectivity index (χ1) is 8.16. The summed E-state index contributed by atoms with van der Waals surface area (Å²) in [6, 6.07) is 5.44. The molecule has 0 atom stereocenters. The van der Waals surface area contributed by atoms with Gasteiger partial charge in [0.1, 0.15) is 0 Å². The molecule has 4 nitrogen and oxygen atoms in total. The zero-order valence-electron chi connectivity index (χ0n) is 9.41. The predicted molar refractivity (Wildman–Crippen MR) is 70.7 cm³/mol. The molecule has 1 aromatic rings. The molecule has 1 aliphatic heterocycles. The number of halogens is 1. The first-order valence-electron chi connectivity index (χ1n) is 5.60. The predicted octanol–water partition coefficient (Wildman–Crippen LogP) is 2.40. The van der Waals surface area contributed by atoms with E-state index >= 15 is 0 Å². The van der Waals surface area contributed by atoms with Gasteiger partial charge in [-0.2, -0.15) is 0 Å². The molecule has 2 rings (SSSR count). The van der Waals surface area contributed by atoms with Crippen molar-refractivity contribution in [3.63, 3.8) is 0 Å². The molecule has 0 unspecified atom stereocenters. The van der Waals surface area contributed by atoms with Crippen LogP contribution in [0.5, 0.6) is 0 Å². The van der Waals surface area contributed by atoms with Crippen molar-refractivity contribution in [2.45, 2.75) is 12.8 Å². The fourth-order valence-corrected chi connectivity index (χ4v) is 2.22. The highest BCUT2D eigenvalue weighted by molar-refractivity contribution is 9.10. The Hall–Kier alpha value is -1.07. The number of nitrogen functional groups attached to an aromatic ring is 1. The summed E-state index contributed by atoms with van der Waals surface area (Å²) < 4.78 is 6.13. The van der Waals surface area contributed by atoms with E-state index in [1.54, 1.807) is 12.1 Å². The summed E-state index contributed by atoms with van der Waals surface area (Å²) in [5, 5.41) is 2.87. The largest absolute Gasteiger partial charge is 0.397 e. The van der Waals surface area contributed by atoms with E-state index in [-0.39, 0.29) is 11.8 Å². The van der Waals surface area contributed by atoms with Gasteiger partial charge in [0.25, 0.3) is 0 Å². The topological polar surface area (TPSA) is 64.3 Å². The van der Waals surface area contributed by atoms with E-state index in [9.17, 15) is 4.79 Å². The third-order valence-electron chi connectivity index (χ3n) is 2.86. The van der Waals surface area contributed by atoms with Gasteiger partial charge in [0, 0.05) is 23.6 Å². The van der Waals surface area contributed by atoms with Crippen LogP contribution >= 0.6 is 15.9 Å². The van der Waals surface area contributed by atoms with Gasteiger partial charge >= 0.3 is 0 Å². The van der Waals surface area contributed by atoms with Gasteiger partial charge in [-0.3, -0.25) is 4.79 Å². The molecule has 0 aliphatic carbocycles. The van der Waals surface area contributed by atoms with Crippen LogP contribution < -0.4 is 11.1 Å². The number of carbonyl (C=O) groups is 1. The smallest absolute Gasteiger partial charge is 0.227 e. The molecule has 0 saturated carbocycles. The molecule has 0 radical (unpaired) electrons. The van der Waals surface area contributed by atoms with Crippen molar-refractivity contribution in [1.29, 1.82) is 0 Å². The van der Waals surface area contributed by atoms with Crippen LogP contribution in [0.15, 0.2) is 22.7 Å². The second-order valence-corrected chi connectivity index (χ2v) is 5.02. The third-order valence-corrected chi connectivity index (χ3v) is 3.36. The second-order valence-electron chi connectivity index (χ2n) is 4.11. The van der Waals surface area contributed by atoms with E-state index in [4.69, 9.17) is 10.5 Å². The molecule has 0 bridgehead atoms. The minimum absolute atomic E-state index is 0.0299. The van der Waals surface area contributed by atoms with Gasteiger partial charge in [-0.25, -0.2) is 0 Å². The average molecular weight is 299 g/mol. The Kier molecular flexibility index (Phi) is 4.02. The molecular weight excluding hydrogens is 284 g/mol. The highest BCUT2D eigenvalue weighted by atomic mass is 79.9. The van der Waals surface area contributed by atoms with Crippen LogP contribution in [0.3, 0.4) is 0 Å². The first kappa shape index (κ1) is 12.4. The number of amides is 1. The van der Waals surface area contributed by atoms with Crippen molar-refractivity contribution in [1.82, 2.24) is 0 Å². The van der Waals surface area contributed by atoms with Crippen molar-refractivity contribution in [3.05, 3.63) is 22.7 Å². The van der Waals surface area contributed by atoms with Crippen LogP contribution in [-0.4, -0.2) is 19.1 Å². The number of carbonyl (C=O) groups excluding carboxylic acids is 1. The number of ether oxygens (including phenoxy) is 1. The molecular formula is C12H15BrN2O2. The van der Waals surface area contributed by atoms with E-state index in [1.165, 1.54) is 0 Å². The lowest BCUT2D eigenvalue weighted by molar-refractivity contribution is -0.122. The van der Waals surface area contributed by atoms with E-state index in [0.29, 0.717) is 24.6 Å². The Bertz CT molecular complexity index is 417. The van der Waals surface area contributed by atoms with Crippen molar-refractivity contribution in [3.8, 4) is 0 Å². The van der Waals surface area contributed by atoms with Gasteiger partial charge < -0.3 is 15.8 Å². The summed E-state index contributed by atoms with van der Waals surface area (Å²) in [4.78, 5) is 12.0. The lowest BCUT2D eigenvalue weighted by atomic mass is 9.99. The number of nitrogens with two attached hydrogens (primary N) is 1. The summed E-state index contributed by atoms with van der Waals surface area (Å²) >= 11 is 3.33. The summed E-state index contributed by atoms with van der Waals surface area (Å²) in [5.41, 5.74) is 7.07. The summed E-state index contributed by atoms with van der Waals surface area (Å²) in [6.45, 7) is 1.32. The maximum absolute atomic E-state index is 12.0. The fourth-order valence-electron chi connectivity index (χ4n) is 1.84. The van der Waals surface area contributed by atoms with Crippen LogP contribution in [0.25, 0.3) is 0 Å². The van der Waals surface area contributed by atoms with Crippen LogP contribution in [0.2, 0.25) is 0 Å². The van der Waals surface area contributed by atoms with Crippen LogP contribution in [0.4, 0.5) is 11.4 Å². The molecule has 1 fully saturated rings. The zero-order chi connectivity index (χ0) is 12.3. The minimum Gasteiger partial charge on any atom is -0.397 e. The van der Waals surface area contributed by atoms with E-state index in [1.807, 2.05) is 6.07 Å². The molecule has 1 aromatic carbocycles. The molecule has 1 aliphatic rings. The first-order valence-corrected chi connectivity index (χ1v) is 6.40. The molecule has 1 heterocycles. The van der Waals surface area contributed by atoms with Crippen LogP contribution in [0, 0.1) is 5.92 Å². The fraction of sp³-hybridized carbons (Fsp3) is 0.417. The van der Waals surface area contributed by atoms with Gasteiger partial charge in [0.2, 0.25) is 5.91 Å². The number of benzene rings is 1. The Morgan fingerprint density at radius 2 is 2.12 bits per heavy atom. The van der Waals surface area contributed by atoms with Gasteiger partial charge in [-0.05, 0) is 31.0 Å². The zero-order valence-corrected chi connectivity index (χ0v) is 11.0. The number of hydrogen-bond acceptors (Lipinski definition) is 3. The quantitative estimate of drug-likeness (QED) is 0.824. The summed E-state index contributed by atoms with van der Waals surface area (Å²) in [6.07, 6.45) is 1.56. The van der Waals surface area contributed by atoms with Crippen molar-refractivity contribution < 1.29 is 9.53 Å². The minimum atomic E-state index is 0.0299. The lowest BCUT2D eigenvalue weighted by Crippen LogP contribution is -2.28. The number of hydrogen-bond donors (Lipinski definition) is 2. The number of anilines is 2. The van der Waals surface area contributed by atoms with E-state index in [2.05, 4.69) is 21.2 Å². The van der Waals surface area contributed by atoms with Crippen molar-refractivity contribution in [2.24, 2.45) is 5.92 Å². The lowest BCUT2D eigenvalue weighted by Gasteiger charge is -2.21. The van der Waals surface area contributed by atoms with Gasteiger partial charge in [-0.1, -0.05) is 15.9 Å². The molecule has 3 N–H and O–H groups in total. The molecule has 92 valence electrons. The monoisotopic (exact) mass is 298 g/mol. The Labute approximate surface area is 109 Å². The van der Waals surface area contributed by atoms with Crippen LogP contribution in [0.1, 0.15) is 12.8 Å². The normalized spacial score (nSPS) is 16.8. The molecule has 0 aromatic heterocycles. The summed E-state index contributed by atoms with van der Waals surface area (Å²) in [5.74, 6) is 0.0640. The molecule has 0 spiro atoms. The highest BCUT2D eigenvalue weighted by Gasteiger charge is 2.21. The molecule has 17 heavy (non-hydrogen) atoms. The van der Waals surface area contributed by atoms with Gasteiger partial charge in [0.05, 0.1) is 11.4 Å². The Morgan fingerprint density at radius 3 is 2.76 bits per heavy atom. The standard InChI is InChI=1S/C12H15BrN2O2/c13-9-1-2-11(10(14)7-9)15-12(16)8-3-5-17-6-4-8/h1-2,7-8H,3-6,14H2,(H,15,16). The number of rotatable bonds is 2. The molecule has 1 amide bonds. The maximum Gasteiger partial charge on any atom is 0.227 e. The van der Waals surface area contributed by atoms with Crippen LogP contribution in [-0.2, 0) is 9.53 Å². The van der Waals surface area contributed by atoms with E-state index in [0.717, 1.165) is 17.3 Å². The Balaban J connectivity index is 2.02. The SMILES string of the molecule is Nc1cc(Br)ccc1NC(=O)C1CCOCC1. The maximum atomic E-state index is 12.0. The molecule has 1 saturated heterocycles. The van der Waals surface area contributed by atoms with Gasteiger partial charge in [0.15, 0.2) is 0 Å². The summed E-state index contributed by atoms with van der Waals surface area (Å²) in [7, 11) is 0. The van der Waals surface area contributed by atoms with E-state index < -0.39 is 0 Å². The van der Waals surface area contributed by atoms with Gasteiger partial charge in [-0.15, -0.1) is 0 Å².